The molecular weight excluding hydrogens is 525 g/mol. The Hall–Kier alpha value is -1.80. The summed E-state index contributed by atoms with van der Waals surface area (Å²) in [5.41, 5.74) is -5.84. The topological polar surface area (TPSA) is 92.8 Å². The lowest BCUT2D eigenvalue weighted by Crippen LogP contribution is -2.39. The molecule has 0 amide bonds. The van der Waals surface area contributed by atoms with E-state index in [0.717, 1.165) is 30.0 Å². The Morgan fingerprint density at radius 2 is 1.91 bits per heavy atom. The second-order valence-corrected chi connectivity index (χ2v) is 12.5. The number of thiol groups is 1. The van der Waals surface area contributed by atoms with Gasteiger partial charge in [-0.2, -0.15) is 13.2 Å². The van der Waals surface area contributed by atoms with Crippen LogP contribution in [0.2, 0.25) is 0 Å². The van der Waals surface area contributed by atoms with Crippen molar-refractivity contribution in [1.29, 1.82) is 0 Å². The van der Waals surface area contributed by atoms with E-state index in [1.807, 2.05) is 30.3 Å². The van der Waals surface area contributed by atoms with Crippen LogP contribution in [0.25, 0.3) is 0 Å². The van der Waals surface area contributed by atoms with Gasteiger partial charge in [0, 0.05) is 35.8 Å². The van der Waals surface area contributed by atoms with E-state index < -0.39 is 35.8 Å². The van der Waals surface area contributed by atoms with Crippen LogP contribution in [-0.2, 0) is 25.3 Å². The maximum Gasteiger partial charge on any atom is 0.501 e. The van der Waals surface area contributed by atoms with Crippen molar-refractivity contribution < 1.29 is 34.7 Å². The number of benzene rings is 2. The van der Waals surface area contributed by atoms with E-state index in [2.05, 4.69) is 10.2 Å². The van der Waals surface area contributed by atoms with Gasteiger partial charge in [0.25, 0.3) is 9.84 Å². The van der Waals surface area contributed by atoms with Crippen LogP contribution >= 0.6 is 11.8 Å². The standard InChI is InChI=1S/C22H25F3N2O5S3/c23-22(24,25)35(30,31)21-11-19(34(28)29)6-7-20(21)26-15(14-33-18-4-2-1-3-5-18)8-9-27-12-17-10-16(27)13-32-17/h1-7,11,15-17,26,34H,8-10,12-14H2/t15?,16-,17-/m1/s1. The average molecular weight is 551 g/mol. The van der Waals surface area contributed by atoms with Gasteiger partial charge in [-0.15, -0.1) is 11.8 Å². The fraction of sp³-hybridized carbons (Fsp3) is 0.455. The first-order chi connectivity index (χ1) is 16.5. The molecule has 2 aromatic rings. The molecule has 1 unspecified atom stereocenters. The van der Waals surface area contributed by atoms with E-state index in [1.165, 1.54) is 11.8 Å². The summed E-state index contributed by atoms with van der Waals surface area (Å²) in [6.45, 7) is 2.12. The summed E-state index contributed by atoms with van der Waals surface area (Å²) >= 11 is 1.50. The van der Waals surface area contributed by atoms with E-state index in [0.29, 0.717) is 37.4 Å². The Labute approximate surface area is 207 Å². The number of anilines is 1. The van der Waals surface area contributed by atoms with Crippen molar-refractivity contribution in [1.82, 2.24) is 4.90 Å². The Morgan fingerprint density at radius 1 is 1.17 bits per heavy atom. The molecule has 0 saturated carbocycles. The lowest BCUT2D eigenvalue weighted by Gasteiger charge is -2.29. The van der Waals surface area contributed by atoms with E-state index >= 15 is 0 Å². The van der Waals surface area contributed by atoms with Gasteiger partial charge in [0.2, 0.25) is 0 Å². The summed E-state index contributed by atoms with van der Waals surface area (Å²) in [6, 6.07) is 12.1. The van der Waals surface area contributed by atoms with E-state index in [-0.39, 0.29) is 17.8 Å². The molecule has 0 aliphatic carbocycles. The predicted octanol–water partition coefficient (Wildman–Crippen LogP) is 3.39. The minimum Gasteiger partial charge on any atom is -0.380 e. The van der Waals surface area contributed by atoms with Crippen LogP contribution in [0.5, 0.6) is 0 Å². The van der Waals surface area contributed by atoms with E-state index in [9.17, 15) is 30.0 Å². The molecule has 2 aromatic carbocycles. The van der Waals surface area contributed by atoms with Gasteiger partial charge in [-0.05, 0) is 43.2 Å². The quantitative estimate of drug-likeness (QED) is 0.344. The first-order valence-corrected chi connectivity index (χ1v) is 14.6. The van der Waals surface area contributed by atoms with Crippen molar-refractivity contribution in [3.05, 3.63) is 48.5 Å². The van der Waals surface area contributed by atoms with Crippen molar-refractivity contribution in [2.75, 3.05) is 30.8 Å². The van der Waals surface area contributed by atoms with Crippen LogP contribution in [0.1, 0.15) is 12.8 Å². The Balaban J connectivity index is 1.59. The van der Waals surface area contributed by atoms with Crippen LogP contribution in [0.15, 0.2) is 63.2 Å². The lowest BCUT2D eigenvalue weighted by atomic mass is 10.2. The summed E-state index contributed by atoms with van der Waals surface area (Å²) in [6.07, 6.45) is 1.71. The van der Waals surface area contributed by atoms with Gasteiger partial charge in [-0.3, -0.25) is 4.90 Å². The summed E-state index contributed by atoms with van der Waals surface area (Å²) in [7, 11) is -9.04. The van der Waals surface area contributed by atoms with Crippen molar-refractivity contribution in [2.45, 2.75) is 51.2 Å². The summed E-state index contributed by atoms with van der Waals surface area (Å²) in [5.74, 6) is 0.464. The van der Waals surface area contributed by atoms with Gasteiger partial charge < -0.3 is 10.1 Å². The Kier molecular flexibility index (Phi) is 8.01. The number of rotatable bonds is 10. The zero-order chi connectivity index (χ0) is 25.2. The number of nitrogens with zero attached hydrogens (tertiary/aromatic N) is 1. The minimum atomic E-state index is -5.78. The second-order valence-electron chi connectivity index (χ2n) is 8.48. The van der Waals surface area contributed by atoms with Gasteiger partial charge in [-0.25, -0.2) is 16.8 Å². The first kappa shape index (κ1) is 26.3. The third-order valence-corrected chi connectivity index (χ3v) is 9.50. The van der Waals surface area contributed by atoms with Crippen LogP contribution in [-0.4, -0.2) is 70.9 Å². The molecule has 192 valence electrons. The Bertz CT molecular complexity index is 1210. The van der Waals surface area contributed by atoms with Crippen LogP contribution < -0.4 is 5.32 Å². The molecule has 0 aromatic heterocycles. The molecule has 7 nitrogen and oxygen atoms in total. The third kappa shape index (κ3) is 6.13. The van der Waals surface area contributed by atoms with Crippen molar-refractivity contribution in [2.24, 2.45) is 0 Å². The number of morpholine rings is 1. The number of hydrogen-bond acceptors (Lipinski definition) is 8. The van der Waals surface area contributed by atoms with Crippen LogP contribution in [0, 0.1) is 0 Å². The number of hydrogen-bond donors (Lipinski definition) is 2. The molecule has 2 heterocycles. The smallest absolute Gasteiger partial charge is 0.380 e. The average Bonchev–Trinajstić information content (AvgIpc) is 3.44. The molecule has 4 rings (SSSR count). The number of fused-ring (bicyclic) bond motifs is 2. The molecule has 35 heavy (non-hydrogen) atoms. The molecule has 2 bridgehead atoms. The van der Waals surface area contributed by atoms with Crippen LogP contribution in [0.3, 0.4) is 0 Å². The fourth-order valence-electron chi connectivity index (χ4n) is 4.30. The lowest BCUT2D eigenvalue weighted by molar-refractivity contribution is -0.0435. The number of nitrogens with one attached hydrogen (secondary N) is 1. The highest BCUT2D eigenvalue weighted by molar-refractivity contribution is 7.99. The number of alkyl halides is 3. The van der Waals surface area contributed by atoms with Gasteiger partial charge in [0.15, 0.2) is 10.7 Å². The molecule has 3 atom stereocenters. The molecule has 2 aliphatic rings. The highest BCUT2D eigenvalue weighted by atomic mass is 32.2. The monoisotopic (exact) mass is 550 g/mol. The molecule has 2 fully saturated rings. The normalized spacial score (nSPS) is 21.5. The second kappa shape index (κ2) is 10.7. The van der Waals surface area contributed by atoms with E-state index in [1.54, 1.807) is 0 Å². The zero-order valence-corrected chi connectivity index (χ0v) is 21.0. The number of halogens is 3. The molecule has 0 radical (unpaired) electrons. The number of thioether (sulfide) groups is 1. The maximum absolute atomic E-state index is 13.4. The van der Waals surface area contributed by atoms with Crippen LogP contribution in [0.4, 0.5) is 18.9 Å². The molecular formula is C22H25F3N2O5S3. The molecule has 2 aliphatic heterocycles. The molecule has 13 heteroatoms. The molecule has 1 N–H and O–H groups in total. The Morgan fingerprint density at radius 3 is 2.51 bits per heavy atom. The van der Waals surface area contributed by atoms with Gasteiger partial charge in [0.1, 0.15) is 4.90 Å². The zero-order valence-electron chi connectivity index (χ0n) is 18.5. The van der Waals surface area contributed by atoms with E-state index in [4.69, 9.17) is 4.74 Å². The van der Waals surface area contributed by atoms with Crippen molar-refractivity contribution >= 4 is 38.0 Å². The van der Waals surface area contributed by atoms with Gasteiger partial charge in [-0.1, -0.05) is 18.2 Å². The summed E-state index contributed by atoms with van der Waals surface area (Å²) in [4.78, 5) is 1.66. The highest BCUT2D eigenvalue weighted by Crippen LogP contribution is 2.36. The molecule has 0 spiro atoms. The number of sulfone groups is 1. The SMILES string of the molecule is O=[SH](=O)c1ccc(NC(CCN2C[C@H]3C[C@@H]2CO3)CSc2ccccc2)c(S(=O)(=O)C(F)(F)F)c1. The number of ether oxygens (including phenoxy) is 1. The van der Waals surface area contributed by atoms with Gasteiger partial charge in [0.05, 0.1) is 23.3 Å². The van der Waals surface area contributed by atoms with Crippen molar-refractivity contribution in [3.63, 3.8) is 0 Å². The molecule has 2 saturated heterocycles. The highest BCUT2D eigenvalue weighted by Gasteiger charge is 2.48. The largest absolute Gasteiger partial charge is 0.501 e. The fourth-order valence-corrected chi connectivity index (χ4v) is 6.76. The summed E-state index contributed by atoms with van der Waals surface area (Å²) < 4.78 is 93.0. The number of likely N-dealkylation sites (tertiary alicyclic amines) is 1. The minimum absolute atomic E-state index is 0.204. The predicted molar refractivity (Wildman–Crippen MR) is 127 cm³/mol. The maximum atomic E-state index is 13.4. The third-order valence-electron chi connectivity index (χ3n) is 6.10. The van der Waals surface area contributed by atoms with Gasteiger partial charge >= 0.3 is 5.51 Å². The first-order valence-electron chi connectivity index (χ1n) is 10.9. The van der Waals surface area contributed by atoms with Crippen molar-refractivity contribution in [3.8, 4) is 0 Å². The summed E-state index contributed by atoms with van der Waals surface area (Å²) in [5, 5.41) is 2.98.